The first-order chi connectivity index (χ1) is 10.2. The maximum atomic E-state index is 5.22. The molecule has 0 saturated carbocycles. The number of methoxy groups -OCH3 is 1. The quantitative estimate of drug-likeness (QED) is 0.669. The molecule has 21 heavy (non-hydrogen) atoms. The van der Waals surface area contributed by atoms with E-state index in [-0.39, 0.29) is 0 Å². The molecule has 0 bridgehead atoms. The van der Waals surface area contributed by atoms with Gasteiger partial charge in [-0.2, -0.15) is 0 Å². The fourth-order valence-corrected chi connectivity index (χ4v) is 2.71. The van der Waals surface area contributed by atoms with E-state index in [1.807, 2.05) is 18.3 Å². The van der Waals surface area contributed by atoms with Crippen LogP contribution < -0.4 is 4.74 Å². The lowest BCUT2D eigenvalue weighted by atomic mass is 9.94. The Labute approximate surface area is 125 Å². The van der Waals surface area contributed by atoms with Crippen molar-refractivity contribution in [2.45, 2.75) is 19.8 Å². The number of ether oxygens (including phenoxy) is 1. The summed E-state index contributed by atoms with van der Waals surface area (Å²) in [6.45, 7) is 4.45. The molecule has 0 aliphatic rings. The zero-order valence-corrected chi connectivity index (χ0v) is 12.6. The van der Waals surface area contributed by atoms with E-state index in [1.165, 1.54) is 16.3 Å². The first-order valence-electron chi connectivity index (χ1n) is 7.22. The standard InChI is InChI=1S/C19H19NO/c1-13(2)16-5-4-6-18-17(16)11-12-20-19(18)14-7-9-15(21-3)10-8-14/h4-13H,1-3H3. The lowest BCUT2D eigenvalue weighted by Gasteiger charge is -2.12. The Morgan fingerprint density at radius 2 is 1.67 bits per heavy atom. The fraction of sp³-hybridized carbons (Fsp3) is 0.211. The molecule has 0 radical (unpaired) electrons. The van der Waals surface area contributed by atoms with Gasteiger partial charge in [0.15, 0.2) is 0 Å². The molecule has 0 unspecified atom stereocenters. The number of aromatic nitrogens is 1. The van der Waals surface area contributed by atoms with Crippen LogP contribution in [-0.4, -0.2) is 12.1 Å². The second-order valence-electron chi connectivity index (χ2n) is 5.49. The van der Waals surface area contributed by atoms with Gasteiger partial charge in [0.1, 0.15) is 5.75 Å². The second-order valence-corrected chi connectivity index (χ2v) is 5.49. The SMILES string of the molecule is COc1ccc(-c2nccc3c(C(C)C)cccc23)cc1. The van der Waals surface area contributed by atoms with Gasteiger partial charge in [-0.1, -0.05) is 32.0 Å². The molecule has 2 nitrogen and oxygen atoms in total. The van der Waals surface area contributed by atoms with Crippen molar-refractivity contribution in [2.75, 3.05) is 7.11 Å². The molecular weight excluding hydrogens is 258 g/mol. The summed E-state index contributed by atoms with van der Waals surface area (Å²) in [7, 11) is 1.68. The third-order valence-corrected chi connectivity index (χ3v) is 3.83. The first kappa shape index (κ1) is 13.6. The van der Waals surface area contributed by atoms with Crippen molar-refractivity contribution in [3.63, 3.8) is 0 Å². The Morgan fingerprint density at radius 1 is 0.905 bits per heavy atom. The summed E-state index contributed by atoms with van der Waals surface area (Å²) in [6.07, 6.45) is 1.90. The number of fused-ring (bicyclic) bond motifs is 1. The molecule has 106 valence electrons. The first-order valence-corrected chi connectivity index (χ1v) is 7.22. The Balaban J connectivity index is 2.20. The van der Waals surface area contributed by atoms with Gasteiger partial charge in [0.05, 0.1) is 12.8 Å². The molecule has 3 aromatic rings. The highest BCUT2D eigenvalue weighted by Crippen LogP contribution is 2.31. The van der Waals surface area contributed by atoms with E-state index in [0.717, 1.165) is 17.0 Å². The summed E-state index contributed by atoms with van der Waals surface area (Å²) in [4.78, 5) is 4.59. The van der Waals surface area contributed by atoms with Crippen molar-refractivity contribution in [1.29, 1.82) is 0 Å². The summed E-state index contributed by atoms with van der Waals surface area (Å²) < 4.78 is 5.22. The summed E-state index contributed by atoms with van der Waals surface area (Å²) in [5, 5.41) is 2.49. The molecule has 0 amide bonds. The van der Waals surface area contributed by atoms with Gasteiger partial charge in [0.25, 0.3) is 0 Å². The lowest BCUT2D eigenvalue weighted by molar-refractivity contribution is 0.415. The number of hydrogen-bond acceptors (Lipinski definition) is 2. The molecule has 0 N–H and O–H groups in total. The molecule has 0 saturated heterocycles. The van der Waals surface area contributed by atoms with Crippen LogP contribution >= 0.6 is 0 Å². The highest BCUT2D eigenvalue weighted by molar-refractivity contribution is 5.96. The average Bonchev–Trinajstić information content (AvgIpc) is 2.53. The minimum Gasteiger partial charge on any atom is -0.497 e. The average molecular weight is 277 g/mol. The number of pyridine rings is 1. The highest BCUT2D eigenvalue weighted by atomic mass is 16.5. The fourth-order valence-electron chi connectivity index (χ4n) is 2.71. The highest BCUT2D eigenvalue weighted by Gasteiger charge is 2.10. The van der Waals surface area contributed by atoms with Crippen LogP contribution in [0.5, 0.6) is 5.75 Å². The number of nitrogens with zero attached hydrogens (tertiary/aromatic N) is 1. The molecule has 0 aliphatic carbocycles. The van der Waals surface area contributed by atoms with E-state index in [2.05, 4.69) is 55.2 Å². The Kier molecular flexibility index (Phi) is 3.61. The van der Waals surface area contributed by atoms with Crippen molar-refractivity contribution in [3.05, 3.63) is 60.3 Å². The summed E-state index contributed by atoms with van der Waals surface area (Å²) >= 11 is 0. The van der Waals surface area contributed by atoms with E-state index >= 15 is 0 Å². The summed E-state index contributed by atoms with van der Waals surface area (Å²) in [6, 6.07) is 16.6. The molecule has 0 spiro atoms. The summed E-state index contributed by atoms with van der Waals surface area (Å²) in [5.41, 5.74) is 3.50. The van der Waals surface area contributed by atoms with Gasteiger partial charge < -0.3 is 4.74 Å². The Morgan fingerprint density at radius 3 is 2.33 bits per heavy atom. The molecular formula is C19H19NO. The zero-order chi connectivity index (χ0) is 14.8. The predicted octanol–water partition coefficient (Wildman–Crippen LogP) is 5.03. The number of rotatable bonds is 3. The molecule has 0 fully saturated rings. The Hall–Kier alpha value is -2.35. The number of benzene rings is 2. The smallest absolute Gasteiger partial charge is 0.118 e. The van der Waals surface area contributed by atoms with Crippen molar-refractivity contribution < 1.29 is 4.74 Å². The minimum absolute atomic E-state index is 0.500. The molecule has 3 rings (SSSR count). The van der Waals surface area contributed by atoms with Crippen LogP contribution in [0.4, 0.5) is 0 Å². The van der Waals surface area contributed by atoms with Crippen molar-refractivity contribution in [2.24, 2.45) is 0 Å². The van der Waals surface area contributed by atoms with Crippen LogP contribution in [-0.2, 0) is 0 Å². The molecule has 1 aromatic heterocycles. The van der Waals surface area contributed by atoms with Gasteiger partial charge in [-0.05, 0) is 47.2 Å². The van der Waals surface area contributed by atoms with Crippen LogP contribution in [0, 0.1) is 0 Å². The lowest BCUT2D eigenvalue weighted by Crippen LogP contribution is -1.92. The topological polar surface area (TPSA) is 22.1 Å². The van der Waals surface area contributed by atoms with E-state index in [9.17, 15) is 0 Å². The predicted molar refractivity (Wildman–Crippen MR) is 87.8 cm³/mol. The second kappa shape index (κ2) is 5.57. The minimum atomic E-state index is 0.500. The summed E-state index contributed by atoms with van der Waals surface area (Å²) in [5.74, 6) is 1.36. The van der Waals surface area contributed by atoms with Crippen molar-refractivity contribution >= 4 is 10.8 Å². The largest absolute Gasteiger partial charge is 0.497 e. The van der Waals surface area contributed by atoms with E-state index in [4.69, 9.17) is 4.74 Å². The maximum absolute atomic E-state index is 5.22. The van der Waals surface area contributed by atoms with E-state index in [1.54, 1.807) is 7.11 Å². The van der Waals surface area contributed by atoms with Gasteiger partial charge in [-0.3, -0.25) is 4.98 Å². The van der Waals surface area contributed by atoms with Crippen LogP contribution in [0.1, 0.15) is 25.3 Å². The van der Waals surface area contributed by atoms with Crippen LogP contribution in [0.15, 0.2) is 54.7 Å². The van der Waals surface area contributed by atoms with Crippen LogP contribution in [0.25, 0.3) is 22.0 Å². The van der Waals surface area contributed by atoms with Crippen LogP contribution in [0.2, 0.25) is 0 Å². The molecule has 1 heterocycles. The Bertz CT molecular complexity index is 760. The van der Waals surface area contributed by atoms with Gasteiger partial charge in [-0.15, -0.1) is 0 Å². The maximum Gasteiger partial charge on any atom is 0.118 e. The zero-order valence-electron chi connectivity index (χ0n) is 12.6. The normalized spacial score (nSPS) is 11.0. The molecule has 2 aromatic carbocycles. The van der Waals surface area contributed by atoms with Crippen LogP contribution in [0.3, 0.4) is 0 Å². The molecule has 0 aliphatic heterocycles. The third-order valence-electron chi connectivity index (χ3n) is 3.83. The van der Waals surface area contributed by atoms with Gasteiger partial charge >= 0.3 is 0 Å². The third kappa shape index (κ3) is 2.49. The van der Waals surface area contributed by atoms with Gasteiger partial charge in [0, 0.05) is 17.1 Å². The molecule has 2 heteroatoms. The van der Waals surface area contributed by atoms with Crippen molar-refractivity contribution in [1.82, 2.24) is 4.98 Å². The van der Waals surface area contributed by atoms with E-state index < -0.39 is 0 Å². The van der Waals surface area contributed by atoms with Gasteiger partial charge in [-0.25, -0.2) is 0 Å². The van der Waals surface area contributed by atoms with Crippen molar-refractivity contribution in [3.8, 4) is 17.0 Å². The van der Waals surface area contributed by atoms with E-state index in [0.29, 0.717) is 5.92 Å². The van der Waals surface area contributed by atoms with Gasteiger partial charge in [0.2, 0.25) is 0 Å². The molecule has 0 atom stereocenters. The number of hydrogen-bond donors (Lipinski definition) is 0. The monoisotopic (exact) mass is 277 g/mol.